The average Bonchev–Trinajstić information content (AvgIpc) is 3.02. The number of nitrogens with one attached hydrogen (secondary N) is 1. The summed E-state index contributed by atoms with van der Waals surface area (Å²) in [4.78, 5) is 21.7. The van der Waals surface area contributed by atoms with Crippen molar-refractivity contribution in [1.29, 1.82) is 5.41 Å². The highest BCUT2D eigenvalue weighted by molar-refractivity contribution is 5.94. The number of ether oxygens (including phenoxy) is 2. The number of hydrogen-bond acceptors (Lipinski definition) is 6. The molecule has 0 amide bonds. The lowest BCUT2D eigenvalue weighted by Crippen LogP contribution is -2.44. The molecule has 1 aromatic heterocycles. The molecule has 3 aromatic carbocycles. The van der Waals surface area contributed by atoms with Gasteiger partial charge in [-0.2, -0.15) is 0 Å². The Morgan fingerprint density at radius 3 is 2.42 bits per heavy atom. The van der Waals surface area contributed by atoms with E-state index in [4.69, 9.17) is 19.9 Å². The smallest absolute Gasteiger partial charge is 0.277 e. The fourth-order valence-electron chi connectivity index (χ4n) is 6.19. The molecule has 0 bridgehead atoms. The van der Waals surface area contributed by atoms with Crippen LogP contribution in [0, 0.1) is 5.41 Å². The number of aryl methyl sites for hydroxylation is 1. The van der Waals surface area contributed by atoms with Crippen LogP contribution in [0.25, 0.3) is 22.3 Å². The van der Waals surface area contributed by atoms with Crippen LogP contribution in [0.15, 0.2) is 77.6 Å². The molecule has 4 aromatic rings. The zero-order valence-electron chi connectivity index (χ0n) is 25.7. The monoisotopic (exact) mass is 582 g/mol. The third kappa shape index (κ3) is 7.34. The molecule has 5 rings (SSSR count). The van der Waals surface area contributed by atoms with Crippen LogP contribution >= 0.6 is 0 Å². The van der Waals surface area contributed by atoms with Crippen LogP contribution in [-0.2, 0) is 17.9 Å². The van der Waals surface area contributed by atoms with Crippen molar-refractivity contribution in [3.63, 3.8) is 0 Å². The Labute approximate surface area is 255 Å². The standard InChI is InChI=1S/C36H44N4O3/c1-4-42-35(37)29-20-21-33(43-25-28-16-7-5-8-17-28)30(24-29)34-36(41)40(32-19-10-9-18-31(32)38-34)23-12-6-11-22-39-26(2)14-13-15-27(39)3/h5,7-10,16-21,24,26-27,37H,4,6,11-15,22-23,25H2,1-3H3/t26-,27+/i35+2. The summed E-state index contributed by atoms with van der Waals surface area (Å²) in [5.74, 6) is 0.602. The van der Waals surface area contributed by atoms with E-state index in [9.17, 15) is 4.79 Å². The fraction of sp³-hybridized carbons (Fsp3) is 0.417. The van der Waals surface area contributed by atoms with Crippen LogP contribution in [-0.4, -0.2) is 45.6 Å². The van der Waals surface area contributed by atoms with Crippen molar-refractivity contribution >= 4 is 16.9 Å². The van der Waals surface area contributed by atoms with Gasteiger partial charge in [-0.15, -0.1) is 0 Å². The van der Waals surface area contributed by atoms with Gasteiger partial charge in [-0.25, -0.2) is 4.98 Å². The zero-order chi connectivity index (χ0) is 30.2. The Morgan fingerprint density at radius 1 is 0.930 bits per heavy atom. The number of unbranched alkanes of at least 4 members (excludes halogenated alkanes) is 2. The van der Waals surface area contributed by atoms with Crippen molar-refractivity contribution in [2.75, 3.05) is 13.2 Å². The van der Waals surface area contributed by atoms with E-state index >= 15 is 0 Å². The first-order chi connectivity index (χ1) is 21.0. The Bertz CT molecular complexity index is 1570. The Balaban J connectivity index is 1.43. The molecule has 0 unspecified atom stereocenters. The van der Waals surface area contributed by atoms with Crippen molar-refractivity contribution in [2.24, 2.45) is 0 Å². The van der Waals surface area contributed by atoms with Crippen LogP contribution < -0.4 is 10.3 Å². The molecule has 7 nitrogen and oxygen atoms in total. The van der Waals surface area contributed by atoms with E-state index in [1.54, 1.807) is 12.1 Å². The maximum Gasteiger partial charge on any atom is 0.277 e. The number of benzene rings is 3. The summed E-state index contributed by atoms with van der Waals surface area (Å²) in [5.41, 5.74) is 3.93. The molecule has 1 aliphatic rings. The van der Waals surface area contributed by atoms with Gasteiger partial charge in [-0.05, 0) is 88.9 Å². The molecule has 1 N–H and O–H groups in total. The SMILES string of the molecule is CCO[14C](=N)c1ccc(OCc2ccccc2)c(-c2nc3ccccc3n(CCCCCN3[C@H](C)CCC[C@@H]3C)c2=O)c1. The predicted octanol–water partition coefficient (Wildman–Crippen LogP) is 7.44. The summed E-state index contributed by atoms with van der Waals surface area (Å²) in [6.45, 7) is 9.02. The minimum Gasteiger partial charge on any atom is -0.488 e. The lowest BCUT2D eigenvalue weighted by molar-refractivity contribution is 0.101. The number of fused-ring (bicyclic) bond motifs is 1. The second kappa shape index (κ2) is 14.5. The second-order valence-electron chi connectivity index (χ2n) is 11.6. The molecule has 43 heavy (non-hydrogen) atoms. The topological polar surface area (TPSA) is 80.4 Å². The molecule has 2 heterocycles. The zero-order valence-corrected chi connectivity index (χ0v) is 25.7. The molecule has 0 saturated carbocycles. The second-order valence-corrected chi connectivity index (χ2v) is 11.6. The normalized spacial score (nSPS) is 17.2. The van der Waals surface area contributed by atoms with Gasteiger partial charge in [0.05, 0.1) is 17.6 Å². The summed E-state index contributed by atoms with van der Waals surface area (Å²) in [6.07, 6.45) is 6.99. The number of rotatable bonds is 12. The molecule has 0 radical (unpaired) electrons. The van der Waals surface area contributed by atoms with Gasteiger partial charge in [-0.1, -0.05) is 55.3 Å². The highest BCUT2D eigenvalue weighted by Crippen LogP contribution is 2.31. The van der Waals surface area contributed by atoms with Crippen molar-refractivity contribution < 1.29 is 9.47 Å². The van der Waals surface area contributed by atoms with Crippen molar-refractivity contribution in [1.82, 2.24) is 14.5 Å². The summed E-state index contributed by atoms with van der Waals surface area (Å²) < 4.78 is 13.6. The molecule has 7 heteroatoms. The van der Waals surface area contributed by atoms with Gasteiger partial charge in [-0.3, -0.25) is 15.1 Å². The summed E-state index contributed by atoms with van der Waals surface area (Å²) in [7, 11) is 0. The minimum absolute atomic E-state index is 0.0526. The molecule has 0 aliphatic carbocycles. The summed E-state index contributed by atoms with van der Waals surface area (Å²) in [5, 5.41) is 8.38. The van der Waals surface area contributed by atoms with E-state index in [1.165, 1.54) is 19.3 Å². The molecule has 1 aliphatic heterocycles. The molecular weight excluding hydrogens is 538 g/mol. The lowest BCUT2D eigenvalue weighted by atomic mass is 9.97. The first kappa shape index (κ1) is 30.5. The van der Waals surface area contributed by atoms with E-state index in [0.29, 0.717) is 54.4 Å². The molecule has 226 valence electrons. The van der Waals surface area contributed by atoms with E-state index in [-0.39, 0.29) is 11.5 Å². The summed E-state index contributed by atoms with van der Waals surface area (Å²) >= 11 is 0. The lowest BCUT2D eigenvalue weighted by Gasteiger charge is -2.39. The third-order valence-corrected chi connectivity index (χ3v) is 8.55. The van der Waals surface area contributed by atoms with E-state index < -0.39 is 0 Å². The molecular formula is C36H44N4O3. The van der Waals surface area contributed by atoms with Gasteiger partial charge in [0.1, 0.15) is 18.1 Å². The van der Waals surface area contributed by atoms with Crippen LogP contribution in [0.4, 0.5) is 0 Å². The Morgan fingerprint density at radius 2 is 1.65 bits per heavy atom. The van der Waals surface area contributed by atoms with Gasteiger partial charge in [0.25, 0.3) is 5.56 Å². The number of aromatic nitrogens is 2. The van der Waals surface area contributed by atoms with Crippen molar-refractivity contribution in [2.45, 2.75) is 84.5 Å². The fourth-order valence-corrected chi connectivity index (χ4v) is 6.19. The highest BCUT2D eigenvalue weighted by atomic mass is 16.7. The number of likely N-dealkylation sites (tertiary alicyclic amines) is 1. The largest absolute Gasteiger partial charge is 0.488 e. The van der Waals surface area contributed by atoms with Crippen LogP contribution in [0.5, 0.6) is 5.75 Å². The number of hydrogen-bond donors (Lipinski definition) is 1. The van der Waals surface area contributed by atoms with Gasteiger partial charge in [0.2, 0.25) is 5.90 Å². The summed E-state index contributed by atoms with van der Waals surface area (Å²) in [6, 6.07) is 24.5. The van der Waals surface area contributed by atoms with Gasteiger partial charge in [0.15, 0.2) is 0 Å². The average molecular weight is 583 g/mol. The van der Waals surface area contributed by atoms with Crippen LogP contribution in [0.1, 0.15) is 70.4 Å². The van der Waals surface area contributed by atoms with E-state index in [1.807, 2.05) is 72.2 Å². The predicted molar refractivity (Wildman–Crippen MR) is 174 cm³/mol. The molecule has 1 fully saturated rings. The third-order valence-electron chi connectivity index (χ3n) is 8.55. The van der Waals surface area contributed by atoms with Gasteiger partial charge in [0, 0.05) is 29.8 Å². The number of nitrogens with zero attached hydrogens (tertiary/aromatic N) is 3. The number of piperidine rings is 1. The van der Waals surface area contributed by atoms with E-state index in [2.05, 4.69) is 18.7 Å². The Kier molecular flexibility index (Phi) is 10.3. The van der Waals surface area contributed by atoms with Crippen LogP contribution in [0.2, 0.25) is 0 Å². The van der Waals surface area contributed by atoms with Crippen LogP contribution in [0.3, 0.4) is 0 Å². The van der Waals surface area contributed by atoms with Crippen molar-refractivity contribution in [3.8, 4) is 17.0 Å². The maximum atomic E-state index is 14.2. The first-order valence-electron chi connectivity index (χ1n) is 15.7. The maximum absolute atomic E-state index is 14.2. The molecule has 0 spiro atoms. The molecule has 1 saturated heterocycles. The Hall–Kier alpha value is -3.97. The highest BCUT2D eigenvalue weighted by Gasteiger charge is 2.24. The minimum atomic E-state index is -0.151. The first-order valence-corrected chi connectivity index (χ1v) is 15.7. The van der Waals surface area contributed by atoms with Gasteiger partial charge < -0.3 is 14.0 Å². The van der Waals surface area contributed by atoms with Crippen molar-refractivity contribution in [3.05, 3.63) is 94.3 Å². The quantitative estimate of drug-likeness (QED) is 0.107. The van der Waals surface area contributed by atoms with E-state index in [0.717, 1.165) is 42.4 Å². The molecule has 2 atom stereocenters. The number of para-hydroxylation sites is 2. The van der Waals surface area contributed by atoms with Gasteiger partial charge >= 0.3 is 0 Å².